The molecule has 0 saturated heterocycles. The minimum atomic E-state index is -3.22. The molecule has 3 aromatic carbocycles. The number of benzene rings is 3. The van der Waals surface area contributed by atoms with Gasteiger partial charge in [-0.25, -0.2) is 0 Å². The third-order valence-corrected chi connectivity index (χ3v) is 9.26. The molecule has 0 fully saturated rings. The van der Waals surface area contributed by atoms with Gasteiger partial charge >= 0.3 is 0 Å². The molecular weight excluding hydrogens is 363 g/mol. The molecule has 1 atom stereocenters. The van der Waals surface area contributed by atoms with E-state index in [1.807, 2.05) is 110 Å². The van der Waals surface area contributed by atoms with Gasteiger partial charge < -0.3 is 4.57 Å². The first-order valence-electron chi connectivity index (χ1n) is 9.42. The zero-order valence-electron chi connectivity index (χ0n) is 16.3. The Labute approximate surface area is 167 Å². The first kappa shape index (κ1) is 20.0. The third kappa shape index (κ3) is 3.79. The molecular formula is C25H25O2P. The van der Waals surface area contributed by atoms with E-state index in [-0.39, 0.29) is 5.78 Å². The predicted octanol–water partition coefficient (Wildman–Crippen LogP) is 5.45. The Kier molecular flexibility index (Phi) is 6.11. The van der Waals surface area contributed by atoms with Crippen molar-refractivity contribution >= 4 is 29.6 Å². The van der Waals surface area contributed by atoms with Gasteiger partial charge in [0.2, 0.25) is 0 Å². The lowest BCUT2D eigenvalue weighted by molar-refractivity contribution is -0.119. The van der Waals surface area contributed by atoms with Crippen LogP contribution in [0.15, 0.2) is 97.1 Å². The van der Waals surface area contributed by atoms with Crippen molar-refractivity contribution in [3.63, 3.8) is 0 Å². The monoisotopic (exact) mass is 388 g/mol. The van der Waals surface area contributed by atoms with Gasteiger partial charge in [-0.1, -0.05) is 103 Å². The molecule has 0 N–H and O–H groups in total. The van der Waals surface area contributed by atoms with Gasteiger partial charge in [0.25, 0.3) is 0 Å². The second-order valence-electron chi connectivity index (χ2n) is 7.13. The maximum absolute atomic E-state index is 14.7. The van der Waals surface area contributed by atoms with Gasteiger partial charge in [-0.05, 0) is 25.8 Å². The Morgan fingerprint density at radius 1 is 0.821 bits per heavy atom. The lowest BCUT2D eigenvalue weighted by Crippen LogP contribution is -2.41. The van der Waals surface area contributed by atoms with Gasteiger partial charge in [0, 0.05) is 10.6 Å². The summed E-state index contributed by atoms with van der Waals surface area (Å²) in [6, 6.07) is 28.7. The first-order valence-corrected chi connectivity index (χ1v) is 11.1. The number of rotatable bonds is 7. The summed E-state index contributed by atoms with van der Waals surface area (Å²) in [7, 11) is -3.22. The topological polar surface area (TPSA) is 34.1 Å². The Bertz CT molecular complexity index is 951. The van der Waals surface area contributed by atoms with Crippen LogP contribution in [0, 0.1) is 0 Å². The molecule has 0 bridgehead atoms. The predicted molar refractivity (Wildman–Crippen MR) is 119 cm³/mol. The van der Waals surface area contributed by atoms with E-state index in [0.717, 1.165) is 5.56 Å². The van der Waals surface area contributed by atoms with Crippen LogP contribution < -0.4 is 10.6 Å². The highest BCUT2D eigenvalue weighted by atomic mass is 31.2. The van der Waals surface area contributed by atoms with Crippen molar-refractivity contribution in [2.24, 2.45) is 0 Å². The van der Waals surface area contributed by atoms with Gasteiger partial charge in [-0.3, -0.25) is 4.79 Å². The molecule has 0 aliphatic heterocycles. The van der Waals surface area contributed by atoms with Crippen molar-refractivity contribution < 1.29 is 9.36 Å². The summed E-state index contributed by atoms with van der Waals surface area (Å²) in [5.41, 5.74) is 1.06. The van der Waals surface area contributed by atoms with E-state index in [9.17, 15) is 9.36 Å². The number of hydrogen-bond donors (Lipinski definition) is 0. The fraction of sp³-hybridized carbons (Fsp3) is 0.160. The van der Waals surface area contributed by atoms with Crippen LogP contribution in [0.3, 0.4) is 0 Å². The zero-order valence-corrected chi connectivity index (χ0v) is 17.2. The highest BCUT2D eigenvalue weighted by Gasteiger charge is 2.49. The summed E-state index contributed by atoms with van der Waals surface area (Å²) < 4.78 is 14.7. The zero-order chi connectivity index (χ0) is 20.0. The molecule has 1 unspecified atom stereocenters. The Morgan fingerprint density at radius 2 is 1.25 bits per heavy atom. The molecule has 0 spiro atoms. The molecule has 0 saturated carbocycles. The number of hydrogen-bond acceptors (Lipinski definition) is 2. The van der Waals surface area contributed by atoms with Crippen molar-refractivity contribution in [3.05, 3.63) is 103 Å². The highest BCUT2D eigenvalue weighted by molar-refractivity contribution is 7.80. The molecule has 0 aliphatic carbocycles. The van der Waals surface area contributed by atoms with Crippen LogP contribution in [0.25, 0.3) is 6.08 Å². The van der Waals surface area contributed by atoms with Crippen molar-refractivity contribution in [2.45, 2.75) is 25.4 Å². The molecule has 0 radical (unpaired) electrons. The average molecular weight is 388 g/mol. The Hall–Kier alpha value is -2.70. The van der Waals surface area contributed by atoms with Crippen molar-refractivity contribution in [3.8, 4) is 0 Å². The minimum Gasteiger partial charge on any atom is -0.313 e. The number of carbonyl (C=O) groups excluding carboxylic acids is 1. The van der Waals surface area contributed by atoms with E-state index in [2.05, 4.69) is 0 Å². The molecule has 142 valence electrons. The number of allylic oxidation sites excluding steroid dienone is 1. The fourth-order valence-corrected chi connectivity index (χ4v) is 6.91. The van der Waals surface area contributed by atoms with Crippen LogP contribution in [-0.2, 0) is 9.36 Å². The average Bonchev–Trinajstić information content (AvgIpc) is 2.75. The maximum atomic E-state index is 14.7. The summed E-state index contributed by atoms with van der Waals surface area (Å²) in [6.45, 7) is 3.39. The third-order valence-electron chi connectivity index (χ3n) is 5.32. The molecule has 3 heteroatoms. The lowest BCUT2D eigenvalue weighted by atomic mass is 10.0. The molecule has 2 nitrogen and oxygen atoms in total. The number of ketones is 1. The Morgan fingerprint density at radius 3 is 1.68 bits per heavy atom. The normalized spacial score (nSPS) is 13.9. The quantitative estimate of drug-likeness (QED) is 0.504. The smallest absolute Gasteiger partial charge is 0.156 e. The SMILES string of the molecule is CC(=O)C(C)(C/C=C/c1ccccc1)P(=O)(c1ccccc1)c1ccccc1. The second kappa shape index (κ2) is 8.54. The molecule has 3 aromatic rings. The van der Waals surface area contributed by atoms with Gasteiger partial charge in [0.05, 0.1) is 5.16 Å². The van der Waals surface area contributed by atoms with Crippen LogP contribution in [0.1, 0.15) is 25.8 Å². The van der Waals surface area contributed by atoms with Gasteiger partial charge in [-0.2, -0.15) is 0 Å². The van der Waals surface area contributed by atoms with E-state index in [1.165, 1.54) is 0 Å². The second-order valence-corrected chi connectivity index (χ2v) is 10.4. The van der Waals surface area contributed by atoms with Gasteiger partial charge in [-0.15, -0.1) is 0 Å². The number of Topliss-reactive ketones (excluding diaryl/α,β-unsaturated/α-hetero) is 1. The van der Waals surface area contributed by atoms with E-state index in [4.69, 9.17) is 0 Å². The lowest BCUT2D eigenvalue weighted by Gasteiger charge is -2.36. The van der Waals surface area contributed by atoms with Gasteiger partial charge in [0.15, 0.2) is 7.14 Å². The minimum absolute atomic E-state index is 0.0683. The van der Waals surface area contributed by atoms with E-state index in [1.54, 1.807) is 6.92 Å². The molecule has 3 rings (SSSR count). The summed E-state index contributed by atoms with van der Waals surface area (Å²) in [5, 5.41) is 0.403. The molecule has 0 amide bonds. The molecule has 0 aromatic heterocycles. The van der Waals surface area contributed by atoms with E-state index < -0.39 is 12.3 Å². The highest BCUT2D eigenvalue weighted by Crippen LogP contribution is 2.58. The van der Waals surface area contributed by atoms with E-state index in [0.29, 0.717) is 17.0 Å². The van der Waals surface area contributed by atoms with Crippen LogP contribution in [-0.4, -0.2) is 10.9 Å². The van der Waals surface area contributed by atoms with Crippen molar-refractivity contribution in [1.82, 2.24) is 0 Å². The van der Waals surface area contributed by atoms with Crippen LogP contribution in [0.2, 0.25) is 0 Å². The fourth-order valence-electron chi connectivity index (χ4n) is 3.48. The summed E-state index contributed by atoms with van der Waals surface area (Å²) in [4.78, 5) is 12.9. The van der Waals surface area contributed by atoms with Gasteiger partial charge in [0.1, 0.15) is 5.78 Å². The van der Waals surface area contributed by atoms with Crippen LogP contribution in [0.4, 0.5) is 0 Å². The summed E-state index contributed by atoms with van der Waals surface area (Å²) in [6.07, 6.45) is 4.36. The summed E-state index contributed by atoms with van der Waals surface area (Å²) in [5.74, 6) is -0.0683. The van der Waals surface area contributed by atoms with E-state index >= 15 is 0 Å². The maximum Gasteiger partial charge on any atom is 0.156 e. The largest absolute Gasteiger partial charge is 0.313 e. The number of carbonyl (C=O) groups is 1. The molecule has 28 heavy (non-hydrogen) atoms. The summed E-state index contributed by atoms with van der Waals surface area (Å²) >= 11 is 0. The molecule has 0 heterocycles. The standard InChI is InChI=1S/C25H25O2P/c1-21(26)25(2,20-12-15-22-13-6-3-7-14-22)28(27,23-16-8-4-9-17-23)24-18-10-5-11-19-24/h3-19H,20H2,1-2H3/b15-12+. The van der Waals surface area contributed by atoms with Crippen LogP contribution in [0.5, 0.6) is 0 Å². The Balaban J connectivity index is 2.10. The first-order chi connectivity index (χ1) is 13.5. The van der Waals surface area contributed by atoms with Crippen LogP contribution >= 0.6 is 7.14 Å². The van der Waals surface area contributed by atoms with Crippen molar-refractivity contribution in [1.29, 1.82) is 0 Å². The van der Waals surface area contributed by atoms with Crippen molar-refractivity contribution in [2.75, 3.05) is 0 Å². The molecule has 0 aliphatic rings.